The predicted octanol–water partition coefficient (Wildman–Crippen LogP) is 2.26. The summed E-state index contributed by atoms with van der Waals surface area (Å²) in [6, 6.07) is 7.40. The van der Waals surface area contributed by atoms with Crippen molar-refractivity contribution in [1.29, 1.82) is 0 Å². The van der Waals surface area contributed by atoms with Crippen LogP contribution in [0.15, 0.2) is 35.5 Å². The maximum absolute atomic E-state index is 12.0. The van der Waals surface area contributed by atoms with Crippen LogP contribution in [0.5, 0.6) is 0 Å². The first-order chi connectivity index (χ1) is 14.1. The maximum atomic E-state index is 12.0. The third-order valence-electron chi connectivity index (χ3n) is 4.63. The number of hydrogen-bond acceptors (Lipinski definition) is 6. The number of nitrogens with one attached hydrogen (secondary N) is 1. The summed E-state index contributed by atoms with van der Waals surface area (Å²) < 4.78 is 7.36. The van der Waals surface area contributed by atoms with Crippen LogP contribution >= 0.6 is 23.4 Å². The van der Waals surface area contributed by atoms with Crippen LogP contribution in [-0.4, -0.2) is 70.7 Å². The number of nitrogens with zero attached hydrogens (tertiary/aromatic N) is 4. The molecule has 0 atom stereocenters. The second-order valence-electron chi connectivity index (χ2n) is 6.66. The Labute approximate surface area is 180 Å². The van der Waals surface area contributed by atoms with Gasteiger partial charge in [-0.3, -0.25) is 9.69 Å². The minimum atomic E-state index is -0.160. The first-order valence-electron chi connectivity index (χ1n) is 9.65. The zero-order valence-electron chi connectivity index (χ0n) is 16.5. The minimum Gasteiger partial charge on any atom is -0.379 e. The number of amides is 1. The zero-order chi connectivity index (χ0) is 20.5. The van der Waals surface area contributed by atoms with Crippen molar-refractivity contribution in [1.82, 2.24) is 25.0 Å². The molecule has 29 heavy (non-hydrogen) atoms. The van der Waals surface area contributed by atoms with Crippen LogP contribution in [0.4, 0.5) is 0 Å². The van der Waals surface area contributed by atoms with Gasteiger partial charge in [-0.2, -0.15) is 0 Å². The van der Waals surface area contributed by atoms with Gasteiger partial charge in [-0.1, -0.05) is 41.6 Å². The lowest BCUT2D eigenvalue weighted by Crippen LogP contribution is -2.37. The summed E-state index contributed by atoms with van der Waals surface area (Å²) in [4.78, 5) is 14.4. The second kappa shape index (κ2) is 11.3. The number of halogens is 1. The monoisotopic (exact) mass is 435 g/mol. The molecule has 7 nitrogen and oxygen atoms in total. The molecular formula is C20H26ClN5O2S. The number of hydrogen-bond donors (Lipinski definition) is 1. The van der Waals surface area contributed by atoms with Crippen LogP contribution < -0.4 is 5.32 Å². The summed E-state index contributed by atoms with van der Waals surface area (Å²) >= 11 is 7.79. The molecule has 156 valence electrons. The Kier molecular flexibility index (Phi) is 8.54. The van der Waals surface area contributed by atoms with E-state index in [1.165, 1.54) is 6.08 Å². The van der Waals surface area contributed by atoms with Crippen LogP contribution in [0.3, 0.4) is 0 Å². The third kappa shape index (κ3) is 6.85. The normalized spacial score (nSPS) is 15.1. The van der Waals surface area contributed by atoms with Crippen molar-refractivity contribution >= 4 is 35.3 Å². The van der Waals surface area contributed by atoms with E-state index in [2.05, 4.69) is 20.4 Å². The van der Waals surface area contributed by atoms with E-state index in [0.29, 0.717) is 18.0 Å². The lowest BCUT2D eigenvalue weighted by atomic mass is 10.2. The van der Waals surface area contributed by atoms with E-state index in [4.69, 9.17) is 16.3 Å². The number of ether oxygens (including phenoxy) is 1. The van der Waals surface area contributed by atoms with Gasteiger partial charge in [-0.15, -0.1) is 10.2 Å². The zero-order valence-corrected chi connectivity index (χ0v) is 18.1. The van der Waals surface area contributed by atoms with Gasteiger partial charge < -0.3 is 14.6 Å². The number of carbonyl (C=O) groups is 1. The second-order valence-corrected chi connectivity index (χ2v) is 8.13. The van der Waals surface area contributed by atoms with Crippen LogP contribution in [0.2, 0.25) is 5.02 Å². The molecule has 0 radical (unpaired) electrons. The van der Waals surface area contributed by atoms with E-state index in [-0.39, 0.29) is 5.91 Å². The number of thioether (sulfide) groups is 1. The SMILES string of the molecule is Cn1c(CCNC(=O)C=Cc2ccccc2Cl)nnc1SCCN1CCOCC1. The highest BCUT2D eigenvalue weighted by Gasteiger charge is 2.12. The molecule has 0 unspecified atom stereocenters. The number of benzene rings is 1. The van der Waals surface area contributed by atoms with Crippen molar-refractivity contribution in [2.75, 3.05) is 45.1 Å². The Balaban J connectivity index is 1.39. The van der Waals surface area contributed by atoms with Crippen molar-refractivity contribution in [3.8, 4) is 0 Å². The van der Waals surface area contributed by atoms with Crippen molar-refractivity contribution in [3.05, 3.63) is 46.8 Å². The molecule has 0 saturated carbocycles. The van der Waals surface area contributed by atoms with E-state index in [1.807, 2.05) is 29.8 Å². The Bertz CT molecular complexity index is 836. The van der Waals surface area contributed by atoms with Crippen molar-refractivity contribution in [2.24, 2.45) is 7.05 Å². The van der Waals surface area contributed by atoms with Gasteiger partial charge in [0.2, 0.25) is 5.91 Å². The highest BCUT2D eigenvalue weighted by Crippen LogP contribution is 2.17. The van der Waals surface area contributed by atoms with Crippen LogP contribution in [0.25, 0.3) is 6.08 Å². The van der Waals surface area contributed by atoms with Gasteiger partial charge in [0.25, 0.3) is 0 Å². The molecule has 0 aliphatic carbocycles. The standard InChI is InChI=1S/C20H26ClN5O2S/c1-25-18(23-24-20(25)29-15-12-26-10-13-28-14-11-26)8-9-22-19(27)7-6-16-4-2-3-5-17(16)21/h2-7H,8-15H2,1H3,(H,22,27). The van der Waals surface area contributed by atoms with E-state index in [9.17, 15) is 4.79 Å². The molecule has 1 fully saturated rings. The van der Waals surface area contributed by atoms with Crippen LogP contribution in [-0.2, 0) is 23.0 Å². The molecule has 1 amide bonds. The molecule has 1 aromatic heterocycles. The maximum Gasteiger partial charge on any atom is 0.244 e. The van der Waals surface area contributed by atoms with Crippen molar-refractivity contribution < 1.29 is 9.53 Å². The lowest BCUT2D eigenvalue weighted by molar-refractivity contribution is -0.116. The summed E-state index contributed by atoms with van der Waals surface area (Å²) in [5.74, 6) is 1.66. The van der Waals surface area contributed by atoms with Gasteiger partial charge in [-0.05, 0) is 17.7 Å². The Morgan fingerprint density at radius 2 is 2.10 bits per heavy atom. The topological polar surface area (TPSA) is 72.3 Å². The number of morpholine rings is 1. The van der Waals surface area contributed by atoms with Gasteiger partial charge in [-0.25, -0.2) is 0 Å². The highest BCUT2D eigenvalue weighted by molar-refractivity contribution is 7.99. The average molecular weight is 436 g/mol. The highest BCUT2D eigenvalue weighted by atomic mass is 35.5. The first kappa shape index (κ1) is 21.8. The van der Waals surface area contributed by atoms with Gasteiger partial charge in [0.15, 0.2) is 5.16 Å². The molecule has 0 spiro atoms. The van der Waals surface area contributed by atoms with E-state index < -0.39 is 0 Å². The summed E-state index contributed by atoms with van der Waals surface area (Å²) in [6.07, 6.45) is 3.83. The molecule has 3 rings (SSSR count). The van der Waals surface area contributed by atoms with Gasteiger partial charge >= 0.3 is 0 Å². The Morgan fingerprint density at radius 1 is 1.31 bits per heavy atom. The largest absolute Gasteiger partial charge is 0.379 e. The molecule has 1 N–H and O–H groups in total. The average Bonchev–Trinajstić information content (AvgIpc) is 3.08. The van der Waals surface area contributed by atoms with E-state index in [1.54, 1.807) is 23.9 Å². The fraction of sp³-hybridized carbons (Fsp3) is 0.450. The van der Waals surface area contributed by atoms with Crippen LogP contribution in [0, 0.1) is 0 Å². The van der Waals surface area contributed by atoms with E-state index in [0.717, 1.165) is 55.1 Å². The molecule has 9 heteroatoms. The predicted molar refractivity (Wildman–Crippen MR) is 116 cm³/mol. The number of rotatable bonds is 9. The summed E-state index contributed by atoms with van der Waals surface area (Å²) in [5.41, 5.74) is 0.816. The fourth-order valence-corrected chi connectivity index (χ4v) is 4.04. The smallest absolute Gasteiger partial charge is 0.244 e. The Hall–Kier alpha value is -1.87. The Morgan fingerprint density at radius 3 is 2.90 bits per heavy atom. The molecule has 1 aromatic carbocycles. The van der Waals surface area contributed by atoms with E-state index >= 15 is 0 Å². The summed E-state index contributed by atoms with van der Waals surface area (Å²) in [5, 5.41) is 12.9. The minimum absolute atomic E-state index is 0.160. The molecule has 2 aromatic rings. The molecule has 1 aliphatic rings. The summed E-state index contributed by atoms with van der Waals surface area (Å²) in [6.45, 7) is 5.14. The van der Waals surface area contributed by atoms with Gasteiger partial charge in [0.05, 0.1) is 13.2 Å². The van der Waals surface area contributed by atoms with Crippen molar-refractivity contribution in [2.45, 2.75) is 11.6 Å². The number of carbonyl (C=O) groups excluding carboxylic acids is 1. The quantitative estimate of drug-likeness (QED) is 0.481. The van der Waals surface area contributed by atoms with Gasteiger partial charge in [0, 0.05) is 56.5 Å². The molecule has 1 aliphatic heterocycles. The van der Waals surface area contributed by atoms with Crippen molar-refractivity contribution in [3.63, 3.8) is 0 Å². The molecular weight excluding hydrogens is 410 g/mol. The van der Waals surface area contributed by atoms with Gasteiger partial charge in [0.1, 0.15) is 5.82 Å². The first-order valence-corrected chi connectivity index (χ1v) is 11.0. The van der Waals surface area contributed by atoms with Crippen LogP contribution in [0.1, 0.15) is 11.4 Å². The lowest BCUT2D eigenvalue weighted by Gasteiger charge is -2.26. The fourth-order valence-electron chi connectivity index (χ4n) is 2.91. The third-order valence-corrected chi connectivity index (χ3v) is 5.98. The molecule has 2 heterocycles. The number of aromatic nitrogens is 3. The molecule has 1 saturated heterocycles. The molecule has 0 bridgehead atoms. The summed E-state index contributed by atoms with van der Waals surface area (Å²) in [7, 11) is 1.96.